The summed E-state index contributed by atoms with van der Waals surface area (Å²) in [6.45, 7) is 5.81. The van der Waals surface area contributed by atoms with E-state index in [-0.39, 0.29) is 0 Å². The minimum Gasteiger partial charge on any atom is -0.508 e. The van der Waals surface area contributed by atoms with Crippen LogP contribution in [-0.2, 0) is 6.54 Å². The van der Waals surface area contributed by atoms with E-state index in [1.807, 2.05) is 18.2 Å². The molecular formula is C19H27NO. The Morgan fingerprint density at radius 1 is 1.05 bits per heavy atom. The molecule has 1 aromatic carbocycles. The Morgan fingerprint density at radius 3 is 2.33 bits per heavy atom. The largest absolute Gasteiger partial charge is 0.508 e. The van der Waals surface area contributed by atoms with Crippen LogP contribution in [0.25, 0.3) is 0 Å². The van der Waals surface area contributed by atoms with Gasteiger partial charge in [0.2, 0.25) is 0 Å². The fourth-order valence-electron chi connectivity index (χ4n) is 6.59. The van der Waals surface area contributed by atoms with E-state index < -0.39 is 0 Å². The molecule has 2 N–H and O–H groups in total. The fraction of sp³-hybridized carbons (Fsp3) is 0.684. The van der Waals surface area contributed by atoms with E-state index >= 15 is 0 Å². The Kier molecular flexibility index (Phi) is 2.76. The monoisotopic (exact) mass is 285 g/mol. The first-order chi connectivity index (χ1) is 9.90. The number of hydrogen-bond acceptors (Lipinski definition) is 2. The van der Waals surface area contributed by atoms with E-state index in [9.17, 15) is 5.11 Å². The number of para-hydroxylation sites is 1. The average molecular weight is 285 g/mol. The minimum absolute atomic E-state index is 0.311. The number of aromatic hydroxyl groups is 1. The molecule has 0 heterocycles. The second-order valence-corrected chi connectivity index (χ2v) is 8.89. The number of rotatable bonds is 3. The molecular weight excluding hydrogens is 258 g/mol. The molecule has 0 radical (unpaired) electrons. The van der Waals surface area contributed by atoms with Crippen molar-refractivity contribution in [2.75, 3.05) is 0 Å². The summed E-state index contributed by atoms with van der Waals surface area (Å²) in [5, 5.41) is 13.9. The maximum Gasteiger partial charge on any atom is 0.120 e. The second-order valence-electron chi connectivity index (χ2n) is 8.89. The maximum atomic E-state index is 9.98. The molecule has 4 aliphatic carbocycles. The Labute approximate surface area is 128 Å². The van der Waals surface area contributed by atoms with Crippen LogP contribution in [0.4, 0.5) is 0 Å². The fourth-order valence-corrected chi connectivity index (χ4v) is 6.59. The summed E-state index contributed by atoms with van der Waals surface area (Å²) in [5.74, 6) is 1.33. The molecule has 2 nitrogen and oxygen atoms in total. The third kappa shape index (κ3) is 2.28. The van der Waals surface area contributed by atoms with Gasteiger partial charge < -0.3 is 10.4 Å². The van der Waals surface area contributed by atoms with Gasteiger partial charge in [-0.3, -0.25) is 0 Å². The van der Waals surface area contributed by atoms with Crippen molar-refractivity contribution < 1.29 is 5.11 Å². The molecule has 4 fully saturated rings. The first-order valence-electron chi connectivity index (χ1n) is 8.41. The van der Waals surface area contributed by atoms with Crippen LogP contribution in [-0.4, -0.2) is 10.6 Å². The standard InChI is InChI=1S/C19H27NO/c1-17-7-14-8-18(2,11-17)13-19(9-14,12-17)20-10-15-5-3-4-6-16(15)21/h3-6,14,20-21H,7-13H2,1-2H3. The highest BCUT2D eigenvalue weighted by Gasteiger charge is 2.59. The molecule has 2 heteroatoms. The summed E-state index contributed by atoms with van der Waals surface area (Å²) >= 11 is 0. The lowest BCUT2D eigenvalue weighted by molar-refractivity contribution is -0.118. The van der Waals surface area contributed by atoms with Crippen molar-refractivity contribution in [1.82, 2.24) is 5.32 Å². The van der Waals surface area contributed by atoms with Crippen LogP contribution in [0.5, 0.6) is 5.75 Å². The van der Waals surface area contributed by atoms with E-state index in [2.05, 4.69) is 19.2 Å². The minimum atomic E-state index is 0.311. The molecule has 0 amide bonds. The Bertz CT molecular complexity index is 548. The summed E-state index contributed by atoms with van der Waals surface area (Å²) in [7, 11) is 0. The van der Waals surface area contributed by atoms with Gasteiger partial charge in [0, 0.05) is 17.6 Å². The van der Waals surface area contributed by atoms with Gasteiger partial charge >= 0.3 is 0 Å². The summed E-state index contributed by atoms with van der Waals surface area (Å²) in [5.41, 5.74) is 2.42. The summed E-state index contributed by atoms with van der Waals surface area (Å²) in [6, 6.07) is 7.73. The Hall–Kier alpha value is -1.02. The number of benzene rings is 1. The van der Waals surface area contributed by atoms with Crippen molar-refractivity contribution >= 4 is 0 Å². The van der Waals surface area contributed by atoms with E-state index in [0.29, 0.717) is 22.1 Å². The normalized spacial score (nSPS) is 44.2. The molecule has 0 saturated heterocycles. The van der Waals surface area contributed by atoms with Gasteiger partial charge in [0.05, 0.1) is 0 Å². The second kappa shape index (κ2) is 4.25. The van der Waals surface area contributed by atoms with Crippen LogP contribution in [0.3, 0.4) is 0 Å². The molecule has 0 spiro atoms. The first-order valence-corrected chi connectivity index (χ1v) is 8.41. The number of nitrogens with one attached hydrogen (secondary N) is 1. The number of phenolic OH excluding ortho intramolecular Hbond substituents is 1. The quantitative estimate of drug-likeness (QED) is 0.871. The van der Waals surface area contributed by atoms with Gasteiger partial charge in [-0.15, -0.1) is 0 Å². The Balaban J connectivity index is 1.56. The zero-order chi connectivity index (χ0) is 14.7. The third-order valence-corrected chi connectivity index (χ3v) is 6.27. The van der Waals surface area contributed by atoms with Crippen LogP contribution in [0.1, 0.15) is 57.9 Å². The predicted molar refractivity (Wildman–Crippen MR) is 85.1 cm³/mol. The highest BCUT2D eigenvalue weighted by Crippen LogP contribution is 2.66. The van der Waals surface area contributed by atoms with Gasteiger partial charge in [-0.2, -0.15) is 0 Å². The van der Waals surface area contributed by atoms with Crippen molar-refractivity contribution in [2.24, 2.45) is 16.7 Å². The molecule has 0 aromatic heterocycles. The lowest BCUT2D eigenvalue weighted by Crippen LogP contribution is -2.63. The highest BCUT2D eigenvalue weighted by atomic mass is 16.3. The van der Waals surface area contributed by atoms with E-state index in [1.165, 1.54) is 38.5 Å². The molecule has 5 rings (SSSR count). The lowest BCUT2D eigenvalue weighted by Gasteiger charge is -2.65. The van der Waals surface area contributed by atoms with Crippen molar-refractivity contribution in [3.05, 3.63) is 29.8 Å². The van der Waals surface area contributed by atoms with Crippen LogP contribution >= 0.6 is 0 Å². The molecule has 4 saturated carbocycles. The lowest BCUT2D eigenvalue weighted by atomic mass is 9.43. The zero-order valence-electron chi connectivity index (χ0n) is 13.3. The van der Waals surface area contributed by atoms with Gasteiger partial charge in [-0.1, -0.05) is 32.0 Å². The van der Waals surface area contributed by atoms with Gasteiger partial charge in [0.25, 0.3) is 0 Å². The highest BCUT2D eigenvalue weighted by molar-refractivity contribution is 5.32. The molecule has 0 aliphatic heterocycles. The number of hydrogen-bond donors (Lipinski definition) is 2. The van der Waals surface area contributed by atoms with Crippen LogP contribution in [0.15, 0.2) is 24.3 Å². The molecule has 21 heavy (non-hydrogen) atoms. The van der Waals surface area contributed by atoms with E-state index in [4.69, 9.17) is 0 Å². The molecule has 4 bridgehead atoms. The van der Waals surface area contributed by atoms with Crippen molar-refractivity contribution in [2.45, 2.75) is 64.5 Å². The molecule has 114 valence electrons. The molecule has 4 aliphatic rings. The summed E-state index contributed by atoms with van der Waals surface area (Å²) in [4.78, 5) is 0. The smallest absolute Gasteiger partial charge is 0.120 e. The Morgan fingerprint density at radius 2 is 1.71 bits per heavy atom. The number of phenols is 1. The van der Waals surface area contributed by atoms with Crippen molar-refractivity contribution in [3.8, 4) is 5.75 Å². The summed E-state index contributed by atoms with van der Waals surface area (Å²) in [6.07, 6.45) is 8.26. The topological polar surface area (TPSA) is 32.3 Å². The first kappa shape index (κ1) is 13.6. The average Bonchev–Trinajstić information content (AvgIpc) is 2.33. The van der Waals surface area contributed by atoms with Crippen LogP contribution < -0.4 is 5.32 Å². The van der Waals surface area contributed by atoms with Crippen molar-refractivity contribution in [1.29, 1.82) is 0 Å². The third-order valence-electron chi connectivity index (χ3n) is 6.27. The van der Waals surface area contributed by atoms with Crippen LogP contribution in [0.2, 0.25) is 0 Å². The SMILES string of the molecule is CC12CC3CC(C)(C1)CC(NCc1ccccc1O)(C3)C2. The van der Waals surface area contributed by atoms with Crippen molar-refractivity contribution in [3.63, 3.8) is 0 Å². The van der Waals surface area contributed by atoms with Gasteiger partial charge in [0.15, 0.2) is 0 Å². The van der Waals surface area contributed by atoms with Crippen LogP contribution in [0, 0.1) is 16.7 Å². The van der Waals surface area contributed by atoms with E-state index in [0.717, 1.165) is 18.0 Å². The van der Waals surface area contributed by atoms with Gasteiger partial charge in [-0.25, -0.2) is 0 Å². The molecule has 2 unspecified atom stereocenters. The molecule has 1 aromatic rings. The maximum absolute atomic E-state index is 9.98. The summed E-state index contributed by atoms with van der Waals surface area (Å²) < 4.78 is 0. The van der Waals surface area contributed by atoms with Gasteiger partial charge in [0.1, 0.15) is 5.75 Å². The zero-order valence-corrected chi connectivity index (χ0v) is 13.3. The van der Waals surface area contributed by atoms with E-state index in [1.54, 1.807) is 6.07 Å². The molecule has 2 atom stereocenters. The predicted octanol–water partition coefficient (Wildman–Crippen LogP) is 4.23. The van der Waals surface area contributed by atoms with Gasteiger partial charge in [-0.05, 0) is 61.3 Å².